The first-order chi connectivity index (χ1) is 10.3. The van der Waals surface area contributed by atoms with Gasteiger partial charge >= 0.3 is 0 Å². The Morgan fingerprint density at radius 1 is 0.818 bits per heavy atom. The molecule has 0 amide bonds. The summed E-state index contributed by atoms with van der Waals surface area (Å²) in [5.41, 5.74) is -0.607. The molecule has 7 nitrogen and oxygen atoms in total. The van der Waals surface area contributed by atoms with E-state index in [0.29, 0.717) is 0 Å². The Morgan fingerprint density at radius 3 is 2.00 bits per heavy atom. The van der Waals surface area contributed by atoms with Crippen molar-refractivity contribution < 1.29 is 14.6 Å². The van der Waals surface area contributed by atoms with E-state index in [1.807, 2.05) is 0 Å². The number of benzene rings is 2. The summed E-state index contributed by atoms with van der Waals surface area (Å²) in [6.07, 6.45) is 0. The van der Waals surface area contributed by atoms with E-state index in [-0.39, 0.29) is 37.9 Å². The molecule has 0 saturated carbocycles. The van der Waals surface area contributed by atoms with Gasteiger partial charge in [-0.15, -0.1) is 0 Å². The lowest BCUT2D eigenvalue weighted by Crippen LogP contribution is -1.93. The molecule has 0 atom stereocenters. The molecule has 0 bridgehead atoms. The zero-order valence-electron chi connectivity index (χ0n) is 10.5. The van der Waals surface area contributed by atoms with Crippen molar-refractivity contribution in [3.8, 4) is 11.5 Å². The maximum absolute atomic E-state index is 10.8. The van der Waals surface area contributed by atoms with Gasteiger partial charge in [0, 0.05) is 12.1 Å². The molecule has 22 heavy (non-hydrogen) atoms. The molecule has 0 saturated heterocycles. The van der Waals surface area contributed by atoms with Gasteiger partial charge in [-0.25, -0.2) is 0 Å². The number of rotatable bonds is 4. The van der Waals surface area contributed by atoms with Crippen LogP contribution in [0.25, 0.3) is 0 Å². The Labute approximate surface area is 138 Å². The molecule has 0 radical (unpaired) electrons. The normalized spacial score (nSPS) is 10.3. The van der Waals surface area contributed by atoms with Crippen LogP contribution in [0.15, 0.2) is 30.3 Å². The SMILES string of the molecule is O=[N+]([O-])c1ccc(Oc2cc([N+](=O)[O-])c(Cl)cc2Cl)c(Cl)c1. The summed E-state index contributed by atoms with van der Waals surface area (Å²) in [7, 11) is 0. The minimum Gasteiger partial charge on any atom is -0.454 e. The van der Waals surface area contributed by atoms with Gasteiger partial charge < -0.3 is 4.74 Å². The summed E-state index contributed by atoms with van der Waals surface area (Å²) in [5, 5.41) is 21.3. The molecule has 2 aromatic rings. The fourth-order valence-electron chi connectivity index (χ4n) is 1.54. The lowest BCUT2D eigenvalue weighted by molar-refractivity contribution is -0.385. The molecule has 0 fully saturated rings. The summed E-state index contributed by atoms with van der Waals surface area (Å²) in [5.74, 6) is 0.0132. The smallest absolute Gasteiger partial charge is 0.291 e. The van der Waals surface area contributed by atoms with Crippen molar-refractivity contribution in [3.05, 3.63) is 65.6 Å². The number of hydrogen-bond donors (Lipinski definition) is 0. The summed E-state index contributed by atoms with van der Waals surface area (Å²) >= 11 is 17.5. The van der Waals surface area contributed by atoms with Crippen molar-refractivity contribution in [2.45, 2.75) is 0 Å². The topological polar surface area (TPSA) is 95.5 Å². The number of hydrogen-bond acceptors (Lipinski definition) is 5. The van der Waals surface area contributed by atoms with Gasteiger partial charge in [0.1, 0.15) is 10.8 Å². The highest BCUT2D eigenvalue weighted by atomic mass is 35.5. The fraction of sp³-hybridized carbons (Fsp3) is 0. The average molecular weight is 364 g/mol. The van der Waals surface area contributed by atoms with E-state index in [1.54, 1.807) is 0 Å². The van der Waals surface area contributed by atoms with E-state index in [0.717, 1.165) is 18.2 Å². The highest BCUT2D eigenvalue weighted by Crippen LogP contribution is 2.40. The van der Waals surface area contributed by atoms with E-state index >= 15 is 0 Å². The molecule has 0 spiro atoms. The van der Waals surface area contributed by atoms with Gasteiger partial charge in [-0.1, -0.05) is 34.8 Å². The predicted octanol–water partition coefficient (Wildman–Crippen LogP) is 5.26. The number of non-ortho nitro benzene ring substituents is 1. The monoisotopic (exact) mass is 362 g/mol. The van der Waals surface area contributed by atoms with Crippen molar-refractivity contribution in [2.24, 2.45) is 0 Å². The van der Waals surface area contributed by atoms with Crippen LogP contribution in [0.4, 0.5) is 11.4 Å². The number of nitro benzene ring substituents is 2. The third-order valence-corrected chi connectivity index (χ3v) is 3.44. The van der Waals surface area contributed by atoms with Crippen LogP contribution >= 0.6 is 34.8 Å². The largest absolute Gasteiger partial charge is 0.454 e. The lowest BCUT2D eigenvalue weighted by Gasteiger charge is -2.09. The second-order valence-electron chi connectivity index (χ2n) is 3.97. The van der Waals surface area contributed by atoms with Crippen LogP contribution in [0.2, 0.25) is 15.1 Å². The molecule has 2 aromatic carbocycles. The molecule has 10 heteroatoms. The van der Waals surface area contributed by atoms with Crippen LogP contribution in [0.5, 0.6) is 11.5 Å². The minimum atomic E-state index is -0.692. The first-order valence-electron chi connectivity index (χ1n) is 5.55. The molecule has 0 unspecified atom stereocenters. The zero-order chi connectivity index (χ0) is 16.4. The Morgan fingerprint density at radius 2 is 1.45 bits per heavy atom. The summed E-state index contributed by atoms with van der Waals surface area (Å²) < 4.78 is 5.37. The van der Waals surface area contributed by atoms with Crippen molar-refractivity contribution in [1.82, 2.24) is 0 Å². The molecule has 2 rings (SSSR count). The molecule has 0 heterocycles. The highest BCUT2D eigenvalue weighted by Gasteiger charge is 2.19. The number of ether oxygens (including phenoxy) is 1. The van der Waals surface area contributed by atoms with Crippen LogP contribution in [0, 0.1) is 20.2 Å². The molecule has 0 N–H and O–H groups in total. The Hall–Kier alpha value is -2.09. The molecule has 114 valence electrons. The maximum Gasteiger partial charge on any atom is 0.291 e. The fourth-order valence-corrected chi connectivity index (χ4v) is 2.25. The van der Waals surface area contributed by atoms with Gasteiger partial charge in [0.05, 0.1) is 26.0 Å². The molecular weight excluding hydrogens is 359 g/mol. The Bertz CT molecular complexity index is 782. The van der Waals surface area contributed by atoms with E-state index in [4.69, 9.17) is 39.5 Å². The highest BCUT2D eigenvalue weighted by molar-refractivity contribution is 6.37. The van der Waals surface area contributed by atoms with Gasteiger partial charge in [0.25, 0.3) is 11.4 Å². The van der Waals surface area contributed by atoms with E-state index in [2.05, 4.69) is 0 Å². The molecule has 0 aliphatic heterocycles. The molecule has 0 aliphatic carbocycles. The van der Waals surface area contributed by atoms with Crippen molar-refractivity contribution in [1.29, 1.82) is 0 Å². The number of nitrogens with zero attached hydrogens (tertiary/aromatic N) is 2. The zero-order valence-corrected chi connectivity index (χ0v) is 12.7. The second-order valence-corrected chi connectivity index (χ2v) is 5.19. The minimum absolute atomic E-state index is 0.0324. The van der Waals surface area contributed by atoms with Gasteiger partial charge in [-0.2, -0.15) is 0 Å². The van der Waals surface area contributed by atoms with Gasteiger partial charge in [-0.3, -0.25) is 20.2 Å². The maximum atomic E-state index is 10.8. The van der Waals surface area contributed by atoms with Gasteiger partial charge in [-0.05, 0) is 12.1 Å². The first kappa shape index (κ1) is 16.3. The van der Waals surface area contributed by atoms with Crippen LogP contribution in [0.3, 0.4) is 0 Å². The van der Waals surface area contributed by atoms with Crippen LogP contribution in [0.1, 0.15) is 0 Å². The Kier molecular flexibility index (Phi) is 4.70. The van der Waals surface area contributed by atoms with Crippen LogP contribution in [-0.4, -0.2) is 9.85 Å². The van der Waals surface area contributed by atoms with Crippen molar-refractivity contribution >= 4 is 46.2 Å². The van der Waals surface area contributed by atoms with Crippen LogP contribution < -0.4 is 4.74 Å². The third-order valence-electron chi connectivity index (χ3n) is 2.54. The quantitative estimate of drug-likeness (QED) is 0.545. The van der Waals surface area contributed by atoms with Crippen LogP contribution in [-0.2, 0) is 0 Å². The summed E-state index contributed by atoms with van der Waals surface area (Å²) in [6, 6.07) is 5.74. The lowest BCUT2D eigenvalue weighted by atomic mass is 10.3. The second kappa shape index (κ2) is 6.35. The Balaban J connectivity index is 2.41. The molecule has 0 aromatic heterocycles. The number of halogens is 3. The van der Waals surface area contributed by atoms with Gasteiger partial charge in [0.15, 0.2) is 5.75 Å². The third kappa shape index (κ3) is 3.38. The van der Waals surface area contributed by atoms with Gasteiger partial charge in [0.2, 0.25) is 0 Å². The number of nitro groups is 2. The van der Waals surface area contributed by atoms with E-state index < -0.39 is 9.85 Å². The summed E-state index contributed by atoms with van der Waals surface area (Å²) in [6.45, 7) is 0. The standard InChI is InChI=1S/C12H5Cl3N2O5/c13-7-4-9(15)12(5-10(7)17(20)21)22-11-2-1-6(16(18)19)3-8(11)14/h1-5H. The summed E-state index contributed by atoms with van der Waals surface area (Å²) in [4.78, 5) is 20.2. The van der Waals surface area contributed by atoms with E-state index in [9.17, 15) is 20.2 Å². The average Bonchev–Trinajstić information content (AvgIpc) is 2.42. The van der Waals surface area contributed by atoms with Crippen molar-refractivity contribution in [2.75, 3.05) is 0 Å². The predicted molar refractivity (Wildman–Crippen MR) is 81.3 cm³/mol. The first-order valence-corrected chi connectivity index (χ1v) is 6.68. The molecule has 0 aliphatic rings. The van der Waals surface area contributed by atoms with Crippen molar-refractivity contribution in [3.63, 3.8) is 0 Å². The van der Waals surface area contributed by atoms with E-state index in [1.165, 1.54) is 12.1 Å². The molecular formula is C12H5Cl3N2O5.